The maximum absolute atomic E-state index is 11.0. The van der Waals surface area contributed by atoms with Crippen molar-refractivity contribution in [3.05, 3.63) is 71.3 Å². The molecule has 0 aliphatic carbocycles. The average Bonchev–Trinajstić information content (AvgIpc) is 3.15. The molecule has 0 aromatic heterocycles. The van der Waals surface area contributed by atoms with Gasteiger partial charge >= 0.3 is 6.03 Å². The molecule has 2 aromatic carbocycles. The maximum atomic E-state index is 11.0. The Hall–Kier alpha value is -3.23. The van der Waals surface area contributed by atoms with Gasteiger partial charge in [-0.15, -0.1) is 0 Å². The highest BCUT2D eigenvalue weighted by molar-refractivity contribution is 6.04. The van der Waals surface area contributed by atoms with E-state index in [0.29, 0.717) is 32.4 Å². The molecule has 3 rings (SSSR count). The number of ether oxygens (including phenoxy) is 1. The Morgan fingerprint density at radius 1 is 1.12 bits per heavy atom. The molecular weight excluding hydrogens is 422 g/mol. The van der Waals surface area contributed by atoms with Crippen LogP contribution in [0.15, 0.2) is 54.6 Å². The van der Waals surface area contributed by atoms with Crippen LogP contribution in [0.1, 0.15) is 49.0 Å². The van der Waals surface area contributed by atoms with Crippen LogP contribution in [0, 0.1) is 6.92 Å². The van der Waals surface area contributed by atoms with E-state index >= 15 is 0 Å². The second kappa shape index (κ2) is 16.4. The van der Waals surface area contributed by atoms with Crippen LogP contribution < -0.4 is 16.0 Å². The van der Waals surface area contributed by atoms with Crippen LogP contribution in [0.2, 0.25) is 0 Å². The molecule has 0 bridgehead atoms. The van der Waals surface area contributed by atoms with Gasteiger partial charge in [0, 0.05) is 13.7 Å². The lowest BCUT2D eigenvalue weighted by atomic mass is 10.1. The van der Waals surface area contributed by atoms with Crippen LogP contribution >= 0.6 is 0 Å². The summed E-state index contributed by atoms with van der Waals surface area (Å²) in [5, 5.41) is 16.5. The van der Waals surface area contributed by atoms with Crippen LogP contribution in [0.3, 0.4) is 0 Å². The Morgan fingerprint density at radius 3 is 2.30 bits per heavy atom. The van der Waals surface area contributed by atoms with Crippen molar-refractivity contribution in [3.8, 4) is 0 Å². The molecule has 0 saturated carbocycles. The number of benzene rings is 2. The predicted octanol–water partition coefficient (Wildman–Crippen LogP) is 2.99. The lowest BCUT2D eigenvalue weighted by Gasteiger charge is -2.07. The first-order valence-electron chi connectivity index (χ1n) is 11.0. The SMILES string of the molecule is CCC(O)c1ccc(C)cc1.COCc1ccccc1.O=CNCCCC1NC(=O)NC1=O. The van der Waals surface area contributed by atoms with E-state index in [-0.39, 0.29) is 12.0 Å². The third kappa shape index (κ3) is 11.8. The van der Waals surface area contributed by atoms with Crippen molar-refractivity contribution in [2.45, 2.75) is 51.9 Å². The highest BCUT2D eigenvalue weighted by Gasteiger charge is 2.28. The predicted molar refractivity (Wildman–Crippen MR) is 127 cm³/mol. The third-order valence-electron chi connectivity index (χ3n) is 4.76. The van der Waals surface area contributed by atoms with E-state index in [0.717, 1.165) is 12.0 Å². The van der Waals surface area contributed by atoms with Crippen molar-refractivity contribution in [1.82, 2.24) is 16.0 Å². The van der Waals surface area contributed by atoms with E-state index < -0.39 is 12.1 Å². The highest BCUT2D eigenvalue weighted by atomic mass is 16.5. The van der Waals surface area contributed by atoms with Gasteiger partial charge in [0.05, 0.1) is 12.7 Å². The lowest BCUT2D eigenvalue weighted by Crippen LogP contribution is -2.29. The van der Waals surface area contributed by atoms with Crippen LogP contribution in [0.4, 0.5) is 4.79 Å². The number of aliphatic hydroxyl groups excluding tert-OH is 1. The molecule has 180 valence electrons. The van der Waals surface area contributed by atoms with Crippen molar-refractivity contribution >= 4 is 18.3 Å². The summed E-state index contributed by atoms with van der Waals surface area (Å²) in [5.41, 5.74) is 3.47. The number of carbonyl (C=O) groups is 3. The third-order valence-corrected chi connectivity index (χ3v) is 4.76. The first-order chi connectivity index (χ1) is 15.9. The van der Waals surface area contributed by atoms with Crippen molar-refractivity contribution in [2.24, 2.45) is 0 Å². The molecule has 4 N–H and O–H groups in total. The van der Waals surface area contributed by atoms with Gasteiger partial charge in [-0.25, -0.2) is 4.79 Å². The largest absolute Gasteiger partial charge is 0.388 e. The molecule has 2 unspecified atom stereocenters. The summed E-state index contributed by atoms with van der Waals surface area (Å²) in [6.07, 6.45) is 2.29. The number of imide groups is 1. The zero-order valence-electron chi connectivity index (χ0n) is 19.5. The molecule has 2 aromatic rings. The van der Waals surface area contributed by atoms with Crippen molar-refractivity contribution in [1.29, 1.82) is 0 Å². The van der Waals surface area contributed by atoms with Gasteiger partial charge < -0.3 is 20.5 Å². The number of nitrogens with one attached hydrogen (secondary N) is 3. The van der Waals surface area contributed by atoms with Crippen molar-refractivity contribution < 1.29 is 24.2 Å². The summed E-state index contributed by atoms with van der Waals surface area (Å²) < 4.78 is 4.93. The second-order valence-electron chi connectivity index (χ2n) is 7.48. The number of aryl methyl sites for hydroxylation is 1. The van der Waals surface area contributed by atoms with Crippen LogP contribution in [0.25, 0.3) is 0 Å². The Morgan fingerprint density at radius 2 is 1.79 bits per heavy atom. The number of hydrogen-bond donors (Lipinski definition) is 4. The van der Waals surface area contributed by atoms with E-state index in [2.05, 4.69) is 16.0 Å². The molecule has 4 amide bonds. The minimum absolute atomic E-state index is 0.295. The fourth-order valence-corrected chi connectivity index (χ4v) is 2.89. The van der Waals surface area contributed by atoms with Crippen LogP contribution in [0.5, 0.6) is 0 Å². The van der Waals surface area contributed by atoms with Gasteiger partial charge in [0.15, 0.2) is 0 Å². The minimum Gasteiger partial charge on any atom is -0.388 e. The van der Waals surface area contributed by atoms with Gasteiger partial charge in [0.1, 0.15) is 6.04 Å². The fraction of sp³-hybridized carbons (Fsp3) is 0.400. The number of methoxy groups -OCH3 is 1. The van der Waals surface area contributed by atoms with E-state index in [1.165, 1.54) is 11.1 Å². The lowest BCUT2D eigenvalue weighted by molar-refractivity contribution is -0.120. The number of hydrogen-bond acceptors (Lipinski definition) is 5. The van der Waals surface area contributed by atoms with Gasteiger partial charge in [0.2, 0.25) is 6.41 Å². The van der Waals surface area contributed by atoms with Crippen LogP contribution in [-0.2, 0) is 20.9 Å². The second-order valence-corrected chi connectivity index (χ2v) is 7.48. The topological polar surface area (TPSA) is 117 Å². The zero-order chi connectivity index (χ0) is 24.5. The average molecular weight is 458 g/mol. The number of amides is 4. The van der Waals surface area contributed by atoms with E-state index in [4.69, 9.17) is 4.74 Å². The first-order valence-corrected chi connectivity index (χ1v) is 11.0. The van der Waals surface area contributed by atoms with Gasteiger partial charge in [-0.2, -0.15) is 0 Å². The molecule has 1 fully saturated rings. The summed E-state index contributed by atoms with van der Waals surface area (Å²) in [4.78, 5) is 31.5. The molecule has 0 radical (unpaired) electrons. The highest BCUT2D eigenvalue weighted by Crippen LogP contribution is 2.15. The molecule has 8 nitrogen and oxygen atoms in total. The zero-order valence-corrected chi connectivity index (χ0v) is 19.5. The van der Waals surface area contributed by atoms with Gasteiger partial charge in [-0.3, -0.25) is 14.9 Å². The summed E-state index contributed by atoms with van der Waals surface area (Å²) >= 11 is 0. The monoisotopic (exact) mass is 457 g/mol. The molecule has 2 atom stereocenters. The molecule has 1 saturated heterocycles. The molecule has 1 aliphatic rings. The number of aliphatic hydroxyl groups is 1. The fourth-order valence-electron chi connectivity index (χ4n) is 2.89. The normalized spacial score (nSPS) is 15.1. The van der Waals surface area contributed by atoms with Gasteiger partial charge in [-0.1, -0.05) is 67.1 Å². The molecule has 33 heavy (non-hydrogen) atoms. The Balaban J connectivity index is 0.000000252. The quantitative estimate of drug-likeness (QED) is 0.262. The van der Waals surface area contributed by atoms with E-state index in [1.54, 1.807) is 7.11 Å². The molecule has 1 heterocycles. The molecule has 0 spiro atoms. The first kappa shape index (κ1) is 27.8. The molecular formula is C25H35N3O5. The van der Waals surface area contributed by atoms with Crippen molar-refractivity contribution in [3.63, 3.8) is 0 Å². The van der Waals surface area contributed by atoms with Gasteiger partial charge in [-0.05, 0) is 37.3 Å². The smallest absolute Gasteiger partial charge is 0.322 e. The Labute approximate surface area is 195 Å². The summed E-state index contributed by atoms with van der Waals surface area (Å²) in [6.45, 7) is 5.25. The molecule has 1 aliphatic heterocycles. The number of urea groups is 1. The summed E-state index contributed by atoms with van der Waals surface area (Å²) in [7, 11) is 1.70. The van der Waals surface area contributed by atoms with Crippen molar-refractivity contribution in [2.75, 3.05) is 13.7 Å². The summed E-state index contributed by atoms with van der Waals surface area (Å²) in [6, 6.07) is 17.2. The van der Waals surface area contributed by atoms with E-state index in [9.17, 15) is 19.5 Å². The summed E-state index contributed by atoms with van der Waals surface area (Å²) in [5.74, 6) is -0.295. The van der Waals surface area contributed by atoms with Crippen LogP contribution in [-0.4, -0.2) is 43.2 Å². The standard InChI is InChI=1S/C10H14O.C8H10O.C7H11N3O3/c1-3-10(11)9-6-4-8(2)5-7-9;1-9-7-8-5-3-2-4-6-8;11-4-8-3-1-2-5-6(12)10-7(13)9-5/h4-7,10-11H,3H2,1-2H3;2-6H,7H2,1H3;4-5H,1-3H2,(H,8,11)(H2,9,10,12,13). The minimum atomic E-state index is -0.446. The number of rotatable bonds is 9. The van der Waals surface area contributed by atoms with Gasteiger partial charge in [0.25, 0.3) is 5.91 Å². The number of carbonyl (C=O) groups excluding carboxylic acids is 3. The Kier molecular flexibility index (Phi) is 13.8. The molecule has 8 heteroatoms. The van der Waals surface area contributed by atoms with E-state index in [1.807, 2.05) is 68.4 Å². The maximum Gasteiger partial charge on any atom is 0.322 e. The Bertz CT molecular complexity index is 828.